The number of hydrogen-bond donors (Lipinski definition) is 1. The van der Waals surface area contributed by atoms with E-state index in [1.165, 1.54) is 4.88 Å². The molecule has 5 nitrogen and oxygen atoms in total. The van der Waals surface area contributed by atoms with E-state index in [4.69, 9.17) is 4.74 Å². The van der Waals surface area contributed by atoms with E-state index in [0.717, 1.165) is 25.1 Å². The summed E-state index contributed by atoms with van der Waals surface area (Å²) in [6.07, 6.45) is 1.88. The molecular weight excluding hydrogens is 298 g/mol. The number of nitrogens with one attached hydrogen (secondary N) is 1. The van der Waals surface area contributed by atoms with Crippen molar-refractivity contribution in [1.29, 1.82) is 0 Å². The average Bonchev–Trinajstić information content (AvgIpc) is 2.83. The second-order valence-corrected chi connectivity index (χ2v) is 7.84. The zero-order valence-corrected chi connectivity index (χ0v) is 15.0. The molecule has 2 atom stereocenters. The number of rotatable bonds is 3. The summed E-state index contributed by atoms with van der Waals surface area (Å²) >= 11 is 1.68. The second kappa shape index (κ2) is 6.96. The Morgan fingerprint density at radius 1 is 1.55 bits per heavy atom. The highest BCUT2D eigenvalue weighted by Gasteiger charge is 2.28. The van der Waals surface area contributed by atoms with Gasteiger partial charge in [0.1, 0.15) is 5.60 Å². The molecule has 0 aromatic carbocycles. The van der Waals surface area contributed by atoms with Crippen LogP contribution in [0.25, 0.3) is 0 Å². The number of carbonyl (C=O) groups is 1. The van der Waals surface area contributed by atoms with Gasteiger partial charge in [-0.15, -0.1) is 11.3 Å². The maximum Gasteiger partial charge on any atom is 0.410 e. The lowest BCUT2D eigenvalue weighted by Crippen LogP contribution is -2.49. The molecule has 1 aliphatic heterocycles. The Morgan fingerprint density at radius 3 is 2.86 bits per heavy atom. The quantitative estimate of drug-likeness (QED) is 0.924. The van der Waals surface area contributed by atoms with E-state index in [9.17, 15) is 4.79 Å². The summed E-state index contributed by atoms with van der Waals surface area (Å²) in [5.41, 5.74) is 2.53. The minimum atomic E-state index is -0.440. The molecule has 1 aromatic rings. The lowest BCUT2D eigenvalue weighted by atomic mass is 10.0. The first-order valence-electron chi connectivity index (χ1n) is 7.90. The fourth-order valence-electron chi connectivity index (χ4n) is 2.76. The Hall–Kier alpha value is -1.14. The molecule has 22 heavy (non-hydrogen) atoms. The van der Waals surface area contributed by atoms with Crippen molar-refractivity contribution in [3.8, 4) is 0 Å². The van der Waals surface area contributed by atoms with Crippen LogP contribution in [0.2, 0.25) is 0 Å². The highest BCUT2D eigenvalue weighted by atomic mass is 32.1. The molecule has 1 fully saturated rings. The molecule has 1 saturated heterocycles. The molecule has 0 bridgehead atoms. The van der Waals surface area contributed by atoms with Gasteiger partial charge in [-0.05, 0) is 47.5 Å². The molecule has 2 heterocycles. The van der Waals surface area contributed by atoms with Gasteiger partial charge in [0.25, 0.3) is 0 Å². The van der Waals surface area contributed by atoms with Crippen molar-refractivity contribution in [2.45, 2.75) is 65.1 Å². The van der Waals surface area contributed by atoms with Crippen LogP contribution in [0.4, 0.5) is 4.79 Å². The van der Waals surface area contributed by atoms with Gasteiger partial charge >= 0.3 is 6.09 Å². The maximum atomic E-state index is 12.2. The van der Waals surface area contributed by atoms with Crippen LogP contribution >= 0.6 is 11.3 Å². The number of aromatic nitrogens is 1. The minimum absolute atomic E-state index is 0.208. The van der Waals surface area contributed by atoms with Gasteiger partial charge in [-0.25, -0.2) is 9.78 Å². The molecule has 1 aromatic heterocycles. The first-order valence-corrected chi connectivity index (χ1v) is 8.78. The Labute approximate surface area is 137 Å². The number of amides is 1. The van der Waals surface area contributed by atoms with Gasteiger partial charge in [0.2, 0.25) is 0 Å². The van der Waals surface area contributed by atoms with Crippen molar-refractivity contribution < 1.29 is 9.53 Å². The topological polar surface area (TPSA) is 54.5 Å². The van der Waals surface area contributed by atoms with E-state index >= 15 is 0 Å². The Morgan fingerprint density at radius 2 is 2.27 bits per heavy atom. The van der Waals surface area contributed by atoms with Crippen LogP contribution in [-0.4, -0.2) is 40.7 Å². The smallest absolute Gasteiger partial charge is 0.410 e. The van der Waals surface area contributed by atoms with E-state index in [2.05, 4.69) is 17.2 Å². The summed E-state index contributed by atoms with van der Waals surface area (Å²) in [7, 11) is 0. The van der Waals surface area contributed by atoms with E-state index < -0.39 is 5.60 Å². The predicted octanol–water partition coefficient (Wildman–Crippen LogP) is 3.50. The van der Waals surface area contributed by atoms with Crippen molar-refractivity contribution >= 4 is 17.4 Å². The van der Waals surface area contributed by atoms with Gasteiger partial charge in [0, 0.05) is 30.1 Å². The van der Waals surface area contributed by atoms with Crippen molar-refractivity contribution in [3.63, 3.8) is 0 Å². The van der Waals surface area contributed by atoms with E-state index in [-0.39, 0.29) is 12.1 Å². The van der Waals surface area contributed by atoms with Crippen LogP contribution in [0.3, 0.4) is 0 Å². The summed E-state index contributed by atoms with van der Waals surface area (Å²) in [5, 5.41) is 3.63. The Bertz CT molecular complexity index is 510. The lowest BCUT2D eigenvalue weighted by Gasteiger charge is -2.35. The zero-order chi connectivity index (χ0) is 16.3. The van der Waals surface area contributed by atoms with E-state index in [0.29, 0.717) is 12.6 Å². The molecule has 1 N–H and O–H groups in total. The van der Waals surface area contributed by atoms with E-state index in [1.54, 1.807) is 11.3 Å². The SMILES string of the molecule is Cc1ncsc1C(C)NC1CCCN(C(=O)OC(C)(C)C)C1. The summed E-state index contributed by atoms with van der Waals surface area (Å²) in [4.78, 5) is 19.6. The van der Waals surface area contributed by atoms with Crippen LogP contribution in [0.15, 0.2) is 5.51 Å². The third-order valence-electron chi connectivity index (χ3n) is 3.73. The number of piperidine rings is 1. The molecule has 6 heteroatoms. The molecule has 1 amide bonds. The molecule has 2 unspecified atom stereocenters. The van der Waals surface area contributed by atoms with E-state index in [1.807, 2.05) is 38.1 Å². The number of ether oxygens (including phenoxy) is 1. The maximum absolute atomic E-state index is 12.2. The molecule has 124 valence electrons. The number of thiazole rings is 1. The fraction of sp³-hybridized carbons (Fsp3) is 0.750. The first-order chi connectivity index (χ1) is 10.3. The Kier molecular flexibility index (Phi) is 5.45. The lowest BCUT2D eigenvalue weighted by molar-refractivity contribution is 0.0184. The molecule has 0 radical (unpaired) electrons. The third kappa shape index (κ3) is 4.68. The fourth-order valence-corrected chi connectivity index (χ4v) is 3.58. The second-order valence-electron chi connectivity index (χ2n) is 6.96. The van der Waals surface area contributed by atoms with Gasteiger partial charge in [-0.2, -0.15) is 0 Å². The molecule has 2 rings (SSSR count). The van der Waals surface area contributed by atoms with Gasteiger partial charge in [0.15, 0.2) is 0 Å². The predicted molar refractivity (Wildman–Crippen MR) is 89.2 cm³/mol. The summed E-state index contributed by atoms with van der Waals surface area (Å²) in [6, 6.07) is 0.564. The standard InChI is InChI=1S/C16H27N3O2S/c1-11-14(22-10-17-11)12(2)18-13-7-6-8-19(9-13)15(20)21-16(3,4)5/h10,12-13,18H,6-9H2,1-5H3. The summed E-state index contributed by atoms with van der Waals surface area (Å²) < 4.78 is 5.47. The number of nitrogens with zero attached hydrogens (tertiary/aromatic N) is 2. The summed E-state index contributed by atoms with van der Waals surface area (Å²) in [6.45, 7) is 11.4. The van der Waals surface area contributed by atoms with Crippen molar-refractivity contribution in [2.24, 2.45) is 0 Å². The molecule has 0 spiro atoms. The zero-order valence-electron chi connectivity index (χ0n) is 14.2. The van der Waals surface area contributed by atoms with Crippen molar-refractivity contribution in [3.05, 3.63) is 16.1 Å². The van der Waals surface area contributed by atoms with Gasteiger partial charge < -0.3 is 15.0 Å². The largest absolute Gasteiger partial charge is 0.444 e. The van der Waals surface area contributed by atoms with Crippen LogP contribution in [0.1, 0.15) is 57.1 Å². The van der Waals surface area contributed by atoms with Crippen molar-refractivity contribution in [1.82, 2.24) is 15.2 Å². The van der Waals surface area contributed by atoms with Gasteiger partial charge in [-0.3, -0.25) is 0 Å². The molecule has 0 saturated carbocycles. The van der Waals surface area contributed by atoms with Crippen LogP contribution < -0.4 is 5.32 Å². The molecular formula is C16H27N3O2S. The summed E-state index contributed by atoms with van der Waals surface area (Å²) in [5.74, 6) is 0. The van der Waals surface area contributed by atoms with Crippen molar-refractivity contribution in [2.75, 3.05) is 13.1 Å². The van der Waals surface area contributed by atoms with Gasteiger partial charge in [0.05, 0.1) is 11.2 Å². The van der Waals surface area contributed by atoms with Crippen LogP contribution in [0, 0.1) is 6.92 Å². The molecule has 1 aliphatic rings. The first kappa shape index (κ1) is 17.2. The van der Waals surface area contributed by atoms with Crippen LogP contribution in [0.5, 0.6) is 0 Å². The molecule has 0 aliphatic carbocycles. The van der Waals surface area contributed by atoms with Gasteiger partial charge in [-0.1, -0.05) is 0 Å². The minimum Gasteiger partial charge on any atom is -0.444 e. The monoisotopic (exact) mass is 325 g/mol. The number of likely N-dealkylation sites (tertiary alicyclic amines) is 1. The Balaban J connectivity index is 1.91. The number of carbonyl (C=O) groups excluding carboxylic acids is 1. The van der Waals surface area contributed by atoms with Crippen LogP contribution in [-0.2, 0) is 4.74 Å². The highest BCUT2D eigenvalue weighted by molar-refractivity contribution is 7.09. The third-order valence-corrected chi connectivity index (χ3v) is 4.85. The number of hydrogen-bond acceptors (Lipinski definition) is 5. The average molecular weight is 325 g/mol. The number of aryl methyl sites for hydroxylation is 1. The highest BCUT2D eigenvalue weighted by Crippen LogP contribution is 2.23. The normalized spacial score (nSPS) is 20.8.